The number of amides is 2. The minimum Gasteiger partial charge on any atom is -0.479 e. The van der Waals surface area contributed by atoms with Crippen molar-refractivity contribution < 1.29 is 22.9 Å². The zero-order valence-electron chi connectivity index (χ0n) is 17.7. The number of methoxy groups -OCH3 is 1. The number of nitrogens with two attached hydrogens (primary N) is 1. The summed E-state index contributed by atoms with van der Waals surface area (Å²) in [5, 5.41) is 12.7. The molecule has 3 aromatic rings. The van der Waals surface area contributed by atoms with Gasteiger partial charge in [-0.1, -0.05) is 12.1 Å². The van der Waals surface area contributed by atoms with E-state index in [1.807, 2.05) is 6.07 Å². The number of anilines is 1. The van der Waals surface area contributed by atoms with Crippen molar-refractivity contribution in [2.75, 3.05) is 19.0 Å². The van der Waals surface area contributed by atoms with Crippen molar-refractivity contribution in [1.82, 2.24) is 14.8 Å². The molecule has 10 nitrogen and oxygen atoms in total. The molecule has 0 saturated heterocycles. The molecule has 0 radical (unpaired) electrons. The maximum absolute atomic E-state index is 14.9. The average molecular weight is 473 g/mol. The molecule has 0 spiro atoms. The van der Waals surface area contributed by atoms with Crippen molar-refractivity contribution in [1.29, 1.82) is 0 Å². The topological polar surface area (TPSA) is 134 Å². The van der Waals surface area contributed by atoms with Crippen LogP contribution >= 0.6 is 0 Å². The highest BCUT2D eigenvalue weighted by Crippen LogP contribution is 2.40. The van der Waals surface area contributed by atoms with E-state index in [4.69, 9.17) is 14.6 Å². The van der Waals surface area contributed by atoms with E-state index in [1.54, 1.807) is 6.07 Å². The summed E-state index contributed by atoms with van der Waals surface area (Å²) < 4.78 is 43.8. The number of carbonyl (C=O) groups is 1. The predicted molar refractivity (Wildman–Crippen MR) is 118 cm³/mol. The maximum Gasteiger partial charge on any atom is 0.354 e. The van der Waals surface area contributed by atoms with E-state index in [9.17, 15) is 13.4 Å². The number of nitrogens with one attached hydrogen (secondary N) is 1. The van der Waals surface area contributed by atoms with Crippen LogP contribution in [-0.2, 0) is 29.3 Å². The second-order valence-electron chi connectivity index (χ2n) is 7.64. The average Bonchev–Trinajstić information content (AvgIpc) is 3.20. The highest BCUT2D eigenvalue weighted by atomic mass is 32.2. The second kappa shape index (κ2) is 8.12. The predicted octanol–water partition coefficient (Wildman–Crippen LogP) is 2.91. The lowest BCUT2D eigenvalue weighted by atomic mass is 9.84. The first-order valence-electron chi connectivity index (χ1n) is 10.3. The molecule has 3 heterocycles. The Hall–Kier alpha value is -3.51. The van der Waals surface area contributed by atoms with Crippen LogP contribution in [0.4, 0.5) is 14.9 Å². The van der Waals surface area contributed by atoms with Gasteiger partial charge in [-0.05, 0) is 30.0 Å². The molecule has 12 heteroatoms. The molecule has 0 bridgehead atoms. The Morgan fingerprint density at radius 2 is 2.18 bits per heavy atom. The number of urea groups is 1. The third kappa shape index (κ3) is 3.70. The van der Waals surface area contributed by atoms with Crippen molar-refractivity contribution in [2.45, 2.75) is 30.7 Å². The first-order chi connectivity index (χ1) is 15.9. The molecular formula is C21H21FN6O4S. The van der Waals surface area contributed by atoms with Crippen molar-refractivity contribution >= 4 is 21.6 Å². The molecule has 1 atom stereocenters. The minimum absolute atomic E-state index is 0.0588. The molecule has 2 aliphatic rings. The van der Waals surface area contributed by atoms with Crippen LogP contribution in [0.15, 0.2) is 39.9 Å². The SMILES string of the molecule is COc1nccc(-c2ccc3c(c2NC(=O)N=S(N)(=O)c2cnn4c2OCCC4)CC3)c1F. The Morgan fingerprint density at radius 1 is 1.33 bits per heavy atom. The van der Waals surface area contributed by atoms with Crippen LogP contribution in [0.5, 0.6) is 11.8 Å². The van der Waals surface area contributed by atoms with E-state index < -0.39 is 21.8 Å². The molecule has 1 unspecified atom stereocenters. The molecule has 1 aliphatic carbocycles. The summed E-state index contributed by atoms with van der Waals surface area (Å²) in [5.74, 6) is -0.563. The number of ether oxygens (including phenoxy) is 2. The van der Waals surface area contributed by atoms with Crippen LogP contribution in [0.1, 0.15) is 17.5 Å². The smallest absolute Gasteiger partial charge is 0.354 e. The molecule has 172 valence electrons. The van der Waals surface area contributed by atoms with Crippen molar-refractivity contribution in [3.63, 3.8) is 0 Å². The first kappa shape index (κ1) is 21.3. The summed E-state index contributed by atoms with van der Waals surface area (Å²) in [6.45, 7) is 1.03. The number of aryl methyl sites for hydroxylation is 2. The second-order valence-corrected chi connectivity index (χ2v) is 9.40. The molecule has 0 fully saturated rings. The van der Waals surface area contributed by atoms with Gasteiger partial charge in [0.1, 0.15) is 4.90 Å². The fourth-order valence-electron chi connectivity index (χ4n) is 3.98. The van der Waals surface area contributed by atoms with Crippen molar-refractivity contribution in [3.8, 4) is 22.9 Å². The van der Waals surface area contributed by atoms with Crippen LogP contribution in [-0.4, -0.2) is 38.7 Å². The van der Waals surface area contributed by atoms with Gasteiger partial charge in [0.15, 0.2) is 15.7 Å². The number of aromatic nitrogens is 3. The number of hydrogen-bond donors (Lipinski definition) is 2. The molecule has 33 heavy (non-hydrogen) atoms. The summed E-state index contributed by atoms with van der Waals surface area (Å²) in [4.78, 5) is 16.8. The Morgan fingerprint density at radius 3 is 2.94 bits per heavy atom. The van der Waals surface area contributed by atoms with Gasteiger partial charge in [0.25, 0.3) is 5.88 Å². The fraction of sp³-hybridized carbons (Fsp3) is 0.286. The van der Waals surface area contributed by atoms with Crippen LogP contribution in [0.25, 0.3) is 11.1 Å². The van der Waals surface area contributed by atoms with Gasteiger partial charge >= 0.3 is 6.03 Å². The maximum atomic E-state index is 14.9. The molecule has 1 aliphatic heterocycles. The molecule has 0 saturated carbocycles. The standard InChI is InChI=1S/C21H21FN6O4S/c1-31-19-17(22)14(7-8-24-19)15-6-4-12-3-5-13(12)18(15)26-21(29)27-33(23,30)16-11-25-28-9-2-10-32-20(16)28/h4,6-8,11H,2-3,5,9-10H2,1H3,(H3,23,26,27,29,30). The van der Waals surface area contributed by atoms with Crippen LogP contribution < -0.4 is 19.9 Å². The number of fused-ring (bicyclic) bond motifs is 2. The minimum atomic E-state index is -3.63. The summed E-state index contributed by atoms with van der Waals surface area (Å²) >= 11 is 0. The van der Waals surface area contributed by atoms with E-state index in [0.717, 1.165) is 24.0 Å². The summed E-state index contributed by atoms with van der Waals surface area (Å²) in [6, 6.07) is 4.18. The Labute approximate surface area is 189 Å². The lowest BCUT2D eigenvalue weighted by Crippen LogP contribution is -2.22. The summed E-state index contributed by atoms with van der Waals surface area (Å²) in [7, 11) is -2.30. The summed E-state index contributed by atoms with van der Waals surface area (Å²) in [6.07, 6.45) is 5.02. The van der Waals surface area contributed by atoms with Gasteiger partial charge in [0.2, 0.25) is 5.88 Å². The Bertz CT molecular complexity index is 1400. The van der Waals surface area contributed by atoms with E-state index in [2.05, 4.69) is 19.8 Å². The normalized spacial score (nSPS) is 15.8. The van der Waals surface area contributed by atoms with E-state index in [1.165, 1.54) is 30.3 Å². The quantitative estimate of drug-likeness (QED) is 0.600. The lowest BCUT2D eigenvalue weighted by molar-refractivity contribution is 0.224. The molecule has 5 rings (SSSR count). The molecule has 2 amide bonds. The van der Waals surface area contributed by atoms with Crippen molar-refractivity contribution in [2.24, 2.45) is 9.50 Å². The zero-order valence-corrected chi connectivity index (χ0v) is 18.5. The number of nitrogens with zero attached hydrogens (tertiary/aromatic N) is 4. The van der Waals surface area contributed by atoms with E-state index in [-0.39, 0.29) is 22.2 Å². The molecule has 1 aromatic carbocycles. The van der Waals surface area contributed by atoms with Crippen molar-refractivity contribution in [3.05, 3.63) is 47.5 Å². The number of halogens is 1. The van der Waals surface area contributed by atoms with Crippen LogP contribution in [0, 0.1) is 5.82 Å². The highest BCUT2D eigenvalue weighted by molar-refractivity contribution is 7.91. The van der Waals surface area contributed by atoms with Gasteiger partial charge in [0.05, 0.1) is 25.6 Å². The largest absolute Gasteiger partial charge is 0.479 e. The number of benzene rings is 1. The van der Waals surface area contributed by atoms with Gasteiger partial charge in [-0.15, -0.1) is 4.36 Å². The lowest BCUT2D eigenvalue weighted by Gasteiger charge is -2.25. The summed E-state index contributed by atoms with van der Waals surface area (Å²) in [5.41, 5.74) is 2.93. The van der Waals surface area contributed by atoms with Gasteiger partial charge in [0, 0.05) is 30.3 Å². The fourth-order valence-corrected chi connectivity index (χ4v) is 4.99. The third-order valence-corrected chi connectivity index (χ3v) is 7.02. The first-order valence-corrected chi connectivity index (χ1v) is 11.8. The van der Waals surface area contributed by atoms with E-state index >= 15 is 0 Å². The molecule has 2 aromatic heterocycles. The number of hydrogen-bond acceptors (Lipinski definition) is 6. The number of rotatable bonds is 4. The van der Waals surface area contributed by atoms with Gasteiger partial charge in [-0.25, -0.2) is 28.2 Å². The Balaban J connectivity index is 1.53. The number of carbonyl (C=O) groups excluding carboxylic acids is 1. The van der Waals surface area contributed by atoms with Crippen LogP contribution in [0.3, 0.4) is 0 Å². The number of pyridine rings is 1. The molecular weight excluding hydrogens is 451 g/mol. The van der Waals surface area contributed by atoms with Gasteiger partial charge < -0.3 is 14.8 Å². The van der Waals surface area contributed by atoms with Gasteiger partial charge in [-0.2, -0.15) is 5.10 Å². The van der Waals surface area contributed by atoms with Gasteiger partial charge in [-0.3, -0.25) is 0 Å². The highest BCUT2D eigenvalue weighted by Gasteiger charge is 2.27. The zero-order chi connectivity index (χ0) is 23.2. The molecule has 3 N–H and O–H groups in total. The Kier molecular flexibility index (Phi) is 5.25. The third-order valence-electron chi connectivity index (χ3n) is 5.67. The van der Waals surface area contributed by atoms with Crippen LogP contribution in [0.2, 0.25) is 0 Å². The monoisotopic (exact) mass is 472 g/mol. The van der Waals surface area contributed by atoms with E-state index in [0.29, 0.717) is 30.8 Å².